The number of hydrogen-bond acceptors (Lipinski definition) is 0. The molecule has 0 aromatic rings. The van der Waals surface area contributed by atoms with Gasteiger partial charge in [-0.15, -0.1) is 0 Å². The van der Waals surface area contributed by atoms with Crippen LogP contribution < -0.4 is 0 Å². The highest BCUT2D eigenvalue weighted by Crippen LogP contribution is 2.26. The van der Waals surface area contributed by atoms with E-state index in [1.165, 1.54) is 11.0 Å². The van der Waals surface area contributed by atoms with E-state index in [-0.39, 0.29) is 10.7 Å². The van der Waals surface area contributed by atoms with E-state index in [2.05, 4.69) is 74.5 Å². The third-order valence-electron chi connectivity index (χ3n) is 2.54. The lowest BCUT2D eigenvalue weighted by molar-refractivity contribution is 0.504. The van der Waals surface area contributed by atoms with Crippen molar-refractivity contribution in [3.8, 4) is 0 Å². The Labute approximate surface area is 103 Å². The molecule has 0 aromatic heterocycles. The first-order chi connectivity index (χ1) is 7.06. The van der Waals surface area contributed by atoms with Crippen LogP contribution >= 0.6 is 0 Å². The first-order valence-corrected chi connectivity index (χ1v) is 5.93. The number of rotatable bonds is 3. The SMILES string of the molecule is C=C/C([B]C(C)(C)C)=C\C=C(/C)C(C)(C)C. The van der Waals surface area contributed by atoms with Gasteiger partial charge in [-0.3, -0.25) is 0 Å². The second-order valence-corrected chi connectivity index (χ2v) is 6.48. The molecule has 1 heteroatoms. The summed E-state index contributed by atoms with van der Waals surface area (Å²) >= 11 is 0. The predicted molar refractivity (Wildman–Crippen MR) is 77.0 cm³/mol. The second kappa shape index (κ2) is 5.56. The molecule has 89 valence electrons. The molecule has 1 radical (unpaired) electrons. The Morgan fingerprint density at radius 1 is 1.00 bits per heavy atom. The van der Waals surface area contributed by atoms with E-state index in [4.69, 9.17) is 0 Å². The van der Waals surface area contributed by atoms with Crippen molar-refractivity contribution >= 4 is 7.28 Å². The van der Waals surface area contributed by atoms with Crippen LogP contribution in [0, 0.1) is 5.41 Å². The maximum absolute atomic E-state index is 3.86. The van der Waals surface area contributed by atoms with Crippen molar-refractivity contribution in [3.63, 3.8) is 0 Å². The van der Waals surface area contributed by atoms with Gasteiger partial charge in [0.25, 0.3) is 0 Å². The van der Waals surface area contributed by atoms with Gasteiger partial charge in [-0.1, -0.05) is 82.7 Å². The Balaban J connectivity index is 4.80. The van der Waals surface area contributed by atoms with Gasteiger partial charge in [0.05, 0.1) is 0 Å². The monoisotopic (exact) mass is 217 g/mol. The molecule has 0 rings (SSSR count). The maximum atomic E-state index is 3.86. The molecule has 0 aliphatic heterocycles. The van der Waals surface area contributed by atoms with Crippen molar-refractivity contribution in [1.29, 1.82) is 0 Å². The molecule has 0 aliphatic carbocycles. The summed E-state index contributed by atoms with van der Waals surface area (Å²) in [7, 11) is 2.24. The Bertz CT molecular complexity index is 292. The van der Waals surface area contributed by atoms with E-state index in [0.29, 0.717) is 0 Å². The van der Waals surface area contributed by atoms with Crippen LogP contribution in [0.3, 0.4) is 0 Å². The number of allylic oxidation sites excluding steroid dienone is 5. The molecular formula is C15H26B. The molecule has 0 unspecified atom stereocenters. The topological polar surface area (TPSA) is 0 Å². The molecule has 0 bridgehead atoms. The predicted octanol–water partition coefficient (Wildman–Crippen LogP) is 4.97. The number of hydrogen-bond donors (Lipinski definition) is 0. The van der Waals surface area contributed by atoms with Crippen molar-refractivity contribution in [3.05, 3.63) is 35.9 Å². The molecule has 0 N–H and O–H groups in total. The van der Waals surface area contributed by atoms with Gasteiger partial charge in [0.15, 0.2) is 7.28 Å². The Hall–Kier alpha value is -0.715. The van der Waals surface area contributed by atoms with Gasteiger partial charge in [-0.25, -0.2) is 0 Å². The summed E-state index contributed by atoms with van der Waals surface area (Å²) in [6, 6.07) is 0. The Kier molecular flexibility index (Phi) is 5.32. The molecule has 0 aliphatic rings. The highest BCUT2D eigenvalue weighted by atomic mass is 14.2. The largest absolute Gasteiger partial charge is 0.157 e. The van der Waals surface area contributed by atoms with Crippen LogP contribution in [0.4, 0.5) is 0 Å². The average molecular weight is 217 g/mol. The summed E-state index contributed by atoms with van der Waals surface area (Å²) in [6.45, 7) is 19.3. The first kappa shape index (κ1) is 15.3. The van der Waals surface area contributed by atoms with E-state index in [1.54, 1.807) is 0 Å². The van der Waals surface area contributed by atoms with Crippen molar-refractivity contribution in [2.75, 3.05) is 0 Å². The fourth-order valence-electron chi connectivity index (χ4n) is 1.15. The van der Waals surface area contributed by atoms with Gasteiger partial charge in [-0.05, 0) is 12.3 Å². The van der Waals surface area contributed by atoms with Gasteiger partial charge in [0, 0.05) is 0 Å². The van der Waals surface area contributed by atoms with Crippen molar-refractivity contribution in [2.24, 2.45) is 5.41 Å². The van der Waals surface area contributed by atoms with E-state index >= 15 is 0 Å². The fourth-order valence-corrected chi connectivity index (χ4v) is 1.15. The van der Waals surface area contributed by atoms with Gasteiger partial charge < -0.3 is 0 Å². The Morgan fingerprint density at radius 2 is 1.50 bits per heavy atom. The lowest BCUT2D eigenvalue weighted by Gasteiger charge is -2.20. The zero-order valence-electron chi connectivity index (χ0n) is 12.0. The van der Waals surface area contributed by atoms with E-state index in [9.17, 15) is 0 Å². The van der Waals surface area contributed by atoms with Crippen molar-refractivity contribution < 1.29 is 0 Å². The summed E-state index contributed by atoms with van der Waals surface area (Å²) < 4.78 is 0. The Morgan fingerprint density at radius 3 is 1.81 bits per heavy atom. The smallest absolute Gasteiger partial charge is 0.0996 e. The third kappa shape index (κ3) is 6.71. The fraction of sp³-hybridized carbons (Fsp3) is 0.600. The minimum atomic E-state index is 0.198. The molecule has 0 nitrogen and oxygen atoms in total. The molecular weight excluding hydrogens is 191 g/mol. The molecule has 0 saturated heterocycles. The summed E-state index contributed by atoms with van der Waals surface area (Å²) in [4.78, 5) is 0. The van der Waals surface area contributed by atoms with E-state index < -0.39 is 0 Å². The minimum absolute atomic E-state index is 0.198. The van der Waals surface area contributed by atoms with Gasteiger partial charge >= 0.3 is 0 Å². The third-order valence-corrected chi connectivity index (χ3v) is 2.54. The van der Waals surface area contributed by atoms with Crippen molar-refractivity contribution in [1.82, 2.24) is 0 Å². The van der Waals surface area contributed by atoms with Crippen molar-refractivity contribution in [2.45, 2.75) is 53.8 Å². The zero-order valence-corrected chi connectivity index (χ0v) is 12.0. The summed E-state index contributed by atoms with van der Waals surface area (Å²) in [5.41, 5.74) is 2.81. The average Bonchev–Trinajstić information content (AvgIpc) is 2.08. The molecule has 0 spiro atoms. The normalized spacial score (nSPS) is 14.9. The highest BCUT2D eigenvalue weighted by Gasteiger charge is 2.14. The van der Waals surface area contributed by atoms with Crippen LogP contribution in [0.25, 0.3) is 0 Å². The maximum Gasteiger partial charge on any atom is 0.157 e. The summed E-state index contributed by atoms with van der Waals surface area (Å²) in [6.07, 6.45) is 6.26. The van der Waals surface area contributed by atoms with Crippen LogP contribution in [0.5, 0.6) is 0 Å². The van der Waals surface area contributed by atoms with E-state index in [1.807, 2.05) is 6.08 Å². The zero-order chi connectivity index (χ0) is 13.0. The quantitative estimate of drug-likeness (QED) is 0.462. The minimum Gasteiger partial charge on any atom is -0.0996 e. The highest BCUT2D eigenvalue weighted by molar-refractivity contribution is 6.49. The van der Waals surface area contributed by atoms with Gasteiger partial charge in [0.2, 0.25) is 0 Å². The molecule has 0 heterocycles. The molecule has 0 saturated carbocycles. The molecule has 16 heavy (non-hydrogen) atoms. The first-order valence-electron chi connectivity index (χ1n) is 5.93. The second-order valence-electron chi connectivity index (χ2n) is 6.48. The lowest BCUT2D eigenvalue weighted by Crippen LogP contribution is -2.10. The van der Waals surface area contributed by atoms with Crippen LogP contribution in [0.1, 0.15) is 48.5 Å². The summed E-state index contributed by atoms with van der Waals surface area (Å²) in [5, 5.41) is 0.198. The summed E-state index contributed by atoms with van der Waals surface area (Å²) in [5.74, 6) is 0. The molecule has 0 atom stereocenters. The lowest BCUT2D eigenvalue weighted by atomic mass is 9.50. The molecule has 0 amide bonds. The van der Waals surface area contributed by atoms with Gasteiger partial charge in [-0.2, -0.15) is 0 Å². The molecule has 0 fully saturated rings. The van der Waals surface area contributed by atoms with E-state index in [0.717, 1.165) is 0 Å². The van der Waals surface area contributed by atoms with Crippen LogP contribution in [-0.2, 0) is 0 Å². The standard InChI is InChI=1S/C15H26B/c1-9-13(16-15(6,7)8)11-10-12(2)14(3,4)5/h9-11H,1H2,2-8H3/b12-10+,13-11+. The molecule has 0 aromatic carbocycles. The van der Waals surface area contributed by atoms with Crippen LogP contribution in [0.2, 0.25) is 5.31 Å². The van der Waals surface area contributed by atoms with Gasteiger partial charge in [0.1, 0.15) is 0 Å². The van der Waals surface area contributed by atoms with Crippen LogP contribution in [-0.4, -0.2) is 7.28 Å². The van der Waals surface area contributed by atoms with Crippen LogP contribution in [0.15, 0.2) is 35.9 Å².